The van der Waals surface area contributed by atoms with E-state index in [9.17, 15) is 4.79 Å². The summed E-state index contributed by atoms with van der Waals surface area (Å²) in [7, 11) is 0. The van der Waals surface area contributed by atoms with Crippen molar-refractivity contribution < 1.29 is 14.3 Å². The van der Waals surface area contributed by atoms with Gasteiger partial charge in [0.15, 0.2) is 0 Å². The maximum atomic E-state index is 12.8. The summed E-state index contributed by atoms with van der Waals surface area (Å²) >= 11 is 6.10. The molecule has 2 aliphatic heterocycles. The van der Waals surface area contributed by atoms with Gasteiger partial charge in [-0.25, -0.2) is 0 Å². The number of ether oxygens (including phenoxy) is 2. The monoisotopic (exact) mass is 380 g/mol. The molecule has 26 heavy (non-hydrogen) atoms. The summed E-state index contributed by atoms with van der Waals surface area (Å²) in [6.45, 7) is 8.54. The molecule has 1 aromatic rings. The molecule has 0 saturated carbocycles. The van der Waals surface area contributed by atoms with Crippen molar-refractivity contribution in [2.75, 3.05) is 52.5 Å². The fraction of sp³-hybridized carbons (Fsp3) is 0.650. The highest BCUT2D eigenvalue weighted by Gasteiger charge is 2.30. The van der Waals surface area contributed by atoms with Gasteiger partial charge in [0.25, 0.3) is 0 Å². The molecule has 0 radical (unpaired) electrons. The van der Waals surface area contributed by atoms with Gasteiger partial charge in [-0.15, -0.1) is 0 Å². The molecule has 5 nitrogen and oxygen atoms in total. The number of amides is 1. The topological polar surface area (TPSA) is 42.0 Å². The lowest BCUT2D eigenvalue weighted by atomic mass is 9.86. The van der Waals surface area contributed by atoms with Crippen LogP contribution in [0.1, 0.15) is 19.8 Å². The summed E-state index contributed by atoms with van der Waals surface area (Å²) < 4.78 is 11.2. The summed E-state index contributed by atoms with van der Waals surface area (Å²) in [6, 6.07) is 7.54. The lowest BCUT2D eigenvalue weighted by molar-refractivity contribution is -0.139. The van der Waals surface area contributed by atoms with Crippen LogP contribution in [-0.2, 0) is 9.53 Å². The number of carbonyl (C=O) groups is 1. The Bertz CT molecular complexity index is 584. The van der Waals surface area contributed by atoms with Crippen molar-refractivity contribution in [3.05, 3.63) is 29.3 Å². The second-order valence-electron chi connectivity index (χ2n) is 7.18. The van der Waals surface area contributed by atoms with Gasteiger partial charge in [0.1, 0.15) is 12.4 Å². The van der Waals surface area contributed by atoms with E-state index in [2.05, 4.69) is 11.8 Å². The highest BCUT2D eigenvalue weighted by molar-refractivity contribution is 6.32. The molecule has 2 heterocycles. The standard InChI is InChI=1S/C20H29ClN2O3/c1-16(17-6-13-25-14-7-17)20(24)23-10-8-22(9-11-23)12-15-26-19-5-3-2-4-18(19)21/h2-5,16-17H,6-15H2,1H3. The molecule has 3 rings (SSSR count). The van der Waals surface area contributed by atoms with Crippen LogP contribution in [0.15, 0.2) is 24.3 Å². The summed E-state index contributed by atoms with van der Waals surface area (Å²) in [5, 5.41) is 0.644. The second-order valence-corrected chi connectivity index (χ2v) is 7.59. The molecular formula is C20H29ClN2O3. The van der Waals surface area contributed by atoms with Crippen LogP contribution < -0.4 is 4.74 Å². The maximum absolute atomic E-state index is 12.8. The van der Waals surface area contributed by atoms with E-state index in [1.165, 1.54) is 0 Å². The number of hydrogen-bond donors (Lipinski definition) is 0. The first-order chi connectivity index (χ1) is 12.6. The summed E-state index contributed by atoms with van der Waals surface area (Å²) in [6.07, 6.45) is 2.01. The minimum Gasteiger partial charge on any atom is -0.491 e. The maximum Gasteiger partial charge on any atom is 0.225 e. The van der Waals surface area contributed by atoms with Gasteiger partial charge in [0.05, 0.1) is 5.02 Å². The van der Waals surface area contributed by atoms with Crippen molar-refractivity contribution in [2.24, 2.45) is 11.8 Å². The van der Waals surface area contributed by atoms with Gasteiger partial charge in [-0.1, -0.05) is 30.7 Å². The van der Waals surface area contributed by atoms with E-state index in [0.717, 1.165) is 64.5 Å². The van der Waals surface area contributed by atoms with Crippen molar-refractivity contribution >= 4 is 17.5 Å². The number of para-hydroxylation sites is 1. The first kappa shape index (κ1) is 19.5. The third-order valence-corrected chi connectivity index (χ3v) is 5.86. The van der Waals surface area contributed by atoms with Gasteiger partial charge < -0.3 is 14.4 Å². The number of hydrogen-bond acceptors (Lipinski definition) is 4. The van der Waals surface area contributed by atoms with Crippen LogP contribution in [0.2, 0.25) is 5.02 Å². The average Bonchev–Trinajstić information content (AvgIpc) is 2.69. The summed E-state index contributed by atoms with van der Waals surface area (Å²) in [5.41, 5.74) is 0. The Morgan fingerprint density at radius 3 is 2.62 bits per heavy atom. The Balaban J connectivity index is 1.38. The number of benzene rings is 1. The SMILES string of the molecule is CC(C(=O)N1CCN(CCOc2ccccc2Cl)CC1)C1CCOCC1. The summed E-state index contributed by atoms with van der Waals surface area (Å²) in [5.74, 6) is 1.62. The van der Waals surface area contributed by atoms with E-state index in [1.54, 1.807) is 0 Å². The van der Waals surface area contributed by atoms with Crippen LogP contribution >= 0.6 is 11.6 Å². The van der Waals surface area contributed by atoms with Crippen molar-refractivity contribution in [3.8, 4) is 5.75 Å². The highest BCUT2D eigenvalue weighted by Crippen LogP contribution is 2.26. The quantitative estimate of drug-likeness (QED) is 0.761. The third-order valence-electron chi connectivity index (χ3n) is 5.55. The molecule has 0 aliphatic carbocycles. The average molecular weight is 381 g/mol. The fourth-order valence-electron chi connectivity index (χ4n) is 3.74. The van der Waals surface area contributed by atoms with Crippen LogP contribution in [0.25, 0.3) is 0 Å². The van der Waals surface area contributed by atoms with E-state index >= 15 is 0 Å². The smallest absolute Gasteiger partial charge is 0.225 e. The van der Waals surface area contributed by atoms with Gasteiger partial charge in [0.2, 0.25) is 5.91 Å². The molecule has 2 aliphatic rings. The van der Waals surface area contributed by atoms with Crippen LogP contribution in [-0.4, -0.2) is 68.3 Å². The van der Waals surface area contributed by atoms with Gasteiger partial charge in [-0.2, -0.15) is 0 Å². The number of piperazine rings is 1. The molecule has 1 amide bonds. The normalized spacial score (nSPS) is 20.8. The Hall–Kier alpha value is -1.30. The van der Waals surface area contributed by atoms with Crippen LogP contribution in [0.3, 0.4) is 0 Å². The van der Waals surface area contributed by atoms with Crippen LogP contribution in [0, 0.1) is 11.8 Å². The number of rotatable bonds is 6. The lowest BCUT2D eigenvalue weighted by Crippen LogP contribution is -2.51. The summed E-state index contributed by atoms with van der Waals surface area (Å²) in [4.78, 5) is 17.1. The molecule has 0 N–H and O–H groups in total. The van der Waals surface area contributed by atoms with E-state index in [4.69, 9.17) is 21.1 Å². The molecule has 1 aromatic carbocycles. The molecule has 1 unspecified atom stereocenters. The van der Waals surface area contributed by atoms with Gasteiger partial charge in [-0.3, -0.25) is 9.69 Å². The molecule has 144 valence electrons. The predicted molar refractivity (Wildman–Crippen MR) is 103 cm³/mol. The van der Waals surface area contributed by atoms with Crippen molar-refractivity contribution in [3.63, 3.8) is 0 Å². The van der Waals surface area contributed by atoms with Crippen molar-refractivity contribution in [1.29, 1.82) is 0 Å². The predicted octanol–water partition coefficient (Wildman–Crippen LogP) is 2.93. The molecular weight excluding hydrogens is 352 g/mol. The third kappa shape index (κ3) is 5.12. The first-order valence-corrected chi connectivity index (χ1v) is 9.99. The minimum absolute atomic E-state index is 0.106. The van der Waals surface area contributed by atoms with Gasteiger partial charge in [0, 0.05) is 51.9 Å². The van der Waals surface area contributed by atoms with Gasteiger partial charge >= 0.3 is 0 Å². The number of nitrogens with zero attached hydrogens (tertiary/aromatic N) is 2. The van der Waals surface area contributed by atoms with E-state index < -0.39 is 0 Å². The molecule has 2 saturated heterocycles. The minimum atomic E-state index is 0.106. The molecule has 6 heteroatoms. The number of carbonyl (C=O) groups excluding carboxylic acids is 1. The zero-order chi connectivity index (χ0) is 18.4. The van der Waals surface area contributed by atoms with Gasteiger partial charge in [-0.05, 0) is 30.9 Å². The zero-order valence-corrected chi connectivity index (χ0v) is 16.3. The fourth-order valence-corrected chi connectivity index (χ4v) is 3.93. The highest BCUT2D eigenvalue weighted by atomic mass is 35.5. The Labute approximate surface area is 161 Å². The molecule has 0 spiro atoms. The zero-order valence-electron chi connectivity index (χ0n) is 15.5. The number of halogens is 1. The lowest BCUT2D eigenvalue weighted by Gasteiger charge is -2.37. The molecule has 1 atom stereocenters. The molecule has 2 fully saturated rings. The van der Waals surface area contributed by atoms with E-state index in [1.807, 2.05) is 29.2 Å². The van der Waals surface area contributed by atoms with Crippen molar-refractivity contribution in [2.45, 2.75) is 19.8 Å². The Morgan fingerprint density at radius 2 is 1.92 bits per heavy atom. The Kier molecular flexibility index (Phi) is 7.17. The van der Waals surface area contributed by atoms with Crippen molar-refractivity contribution in [1.82, 2.24) is 9.80 Å². The Morgan fingerprint density at radius 1 is 1.23 bits per heavy atom. The first-order valence-electron chi connectivity index (χ1n) is 9.61. The van der Waals surface area contributed by atoms with E-state index in [-0.39, 0.29) is 5.92 Å². The largest absolute Gasteiger partial charge is 0.491 e. The molecule has 0 aromatic heterocycles. The van der Waals surface area contributed by atoms with E-state index in [0.29, 0.717) is 23.5 Å². The second kappa shape index (κ2) is 9.58. The van der Waals surface area contributed by atoms with Crippen LogP contribution in [0.5, 0.6) is 5.75 Å². The molecule has 0 bridgehead atoms. The van der Waals surface area contributed by atoms with Crippen LogP contribution in [0.4, 0.5) is 0 Å².